The molecule has 1 atom stereocenters. The van der Waals surface area contributed by atoms with Gasteiger partial charge in [-0.3, -0.25) is 14.4 Å². The van der Waals surface area contributed by atoms with Gasteiger partial charge in [0.1, 0.15) is 13.2 Å². The van der Waals surface area contributed by atoms with Crippen molar-refractivity contribution in [3.63, 3.8) is 0 Å². The summed E-state index contributed by atoms with van der Waals surface area (Å²) < 4.78 is 16.8. The molecule has 0 heterocycles. The van der Waals surface area contributed by atoms with E-state index in [4.69, 9.17) is 14.2 Å². The van der Waals surface area contributed by atoms with Crippen LogP contribution in [0.15, 0.2) is 48.6 Å². The number of esters is 3. The van der Waals surface area contributed by atoms with E-state index < -0.39 is 6.10 Å². The zero-order valence-electron chi connectivity index (χ0n) is 41.8. The van der Waals surface area contributed by atoms with Crippen LogP contribution < -0.4 is 0 Å². The van der Waals surface area contributed by atoms with Crippen LogP contribution in [0.3, 0.4) is 0 Å². The average Bonchev–Trinajstić information content (AvgIpc) is 3.28. The van der Waals surface area contributed by atoms with Crippen molar-refractivity contribution in [3.05, 3.63) is 48.6 Å². The van der Waals surface area contributed by atoms with Gasteiger partial charge in [-0.1, -0.05) is 243 Å². The van der Waals surface area contributed by atoms with Gasteiger partial charge < -0.3 is 14.2 Å². The van der Waals surface area contributed by atoms with Gasteiger partial charge in [0.15, 0.2) is 6.10 Å². The topological polar surface area (TPSA) is 78.9 Å². The van der Waals surface area contributed by atoms with Gasteiger partial charge in [-0.25, -0.2) is 0 Å². The molecule has 1 unspecified atom stereocenters. The fourth-order valence-corrected chi connectivity index (χ4v) is 7.79. The summed E-state index contributed by atoms with van der Waals surface area (Å²) in [7, 11) is 0. The Morgan fingerprint density at radius 1 is 0.333 bits per heavy atom. The highest BCUT2D eigenvalue weighted by Gasteiger charge is 2.19. The van der Waals surface area contributed by atoms with Crippen molar-refractivity contribution in [2.75, 3.05) is 13.2 Å². The van der Waals surface area contributed by atoms with Crippen LogP contribution in [0.5, 0.6) is 0 Å². The summed E-state index contributed by atoms with van der Waals surface area (Å²) >= 11 is 0. The molecule has 0 saturated heterocycles. The van der Waals surface area contributed by atoms with Gasteiger partial charge >= 0.3 is 17.9 Å². The van der Waals surface area contributed by atoms with Crippen LogP contribution in [-0.2, 0) is 28.6 Å². The van der Waals surface area contributed by atoms with Crippen molar-refractivity contribution in [1.29, 1.82) is 0 Å². The minimum Gasteiger partial charge on any atom is -0.462 e. The van der Waals surface area contributed by atoms with Crippen LogP contribution in [0, 0.1) is 0 Å². The maximum Gasteiger partial charge on any atom is 0.306 e. The van der Waals surface area contributed by atoms with Crippen molar-refractivity contribution in [1.82, 2.24) is 0 Å². The average molecular weight is 883 g/mol. The lowest BCUT2D eigenvalue weighted by atomic mass is 10.0. The Kier molecular flexibility index (Phi) is 49.8. The maximum absolute atomic E-state index is 12.8. The predicted octanol–water partition coefficient (Wildman–Crippen LogP) is 17.9. The number of hydrogen-bond acceptors (Lipinski definition) is 6. The first kappa shape index (κ1) is 60.4. The summed E-state index contributed by atoms with van der Waals surface area (Å²) in [6, 6.07) is 0. The summed E-state index contributed by atoms with van der Waals surface area (Å²) in [5.41, 5.74) is 0. The van der Waals surface area contributed by atoms with Crippen LogP contribution in [0.4, 0.5) is 0 Å². The normalized spacial score (nSPS) is 12.4. The molecule has 0 N–H and O–H groups in total. The number of carbonyl (C=O) groups excluding carboxylic acids is 3. The number of carbonyl (C=O) groups is 3. The van der Waals surface area contributed by atoms with Crippen molar-refractivity contribution in [2.24, 2.45) is 0 Å². The Bertz CT molecular complexity index is 1110. The molecule has 0 aromatic rings. The maximum atomic E-state index is 12.8. The fraction of sp³-hybridized carbons (Fsp3) is 0.807. The SMILES string of the molecule is CC/C=C/C=C/C=C/CCCCCCCC(=O)OCC(COC(=O)CCCCCCC/C=C/CCCCCCCCC)OC(=O)CCCCCCCCCCCCCCCCCC. The summed E-state index contributed by atoms with van der Waals surface area (Å²) in [6.07, 6.45) is 62.4. The summed E-state index contributed by atoms with van der Waals surface area (Å²) in [5.74, 6) is -0.899. The lowest BCUT2D eigenvalue weighted by molar-refractivity contribution is -0.167. The molecule has 0 aromatic heterocycles. The summed E-state index contributed by atoms with van der Waals surface area (Å²) in [5, 5.41) is 0. The van der Waals surface area contributed by atoms with E-state index in [1.165, 1.54) is 148 Å². The van der Waals surface area contributed by atoms with Gasteiger partial charge in [0.05, 0.1) is 0 Å². The monoisotopic (exact) mass is 883 g/mol. The first-order valence-corrected chi connectivity index (χ1v) is 27.2. The Morgan fingerprint density at radius 3 is 1.00 bits per heavy atom. The number of unbranched alkanes of at least 4 members (excludes halogenated alkanes) is 32. The molecule has 0 aliphatic carbocycles. The van der Waals surface area contributed by atoms with Crippen LogP contribution in [0.25, 0.3) is 0 Å². The minimum atomic E-state index is -0.782. The molecule has 0 aromatic carbocycles. The van der Waals surface area contributed by atoms with E-state index in [0.29, 0.717) is 19.3 Å². The molecule has 6 heteroatoms. The first-order chi connectivity index (χ1) is 31.0. The second kappa shape index (κ2) is 52.0. The lowest BCUT2D eigenvalue weighted by Crippen LogP contribution is -2.30. The van der Waals surface area contributed by atoms with Crippen LogP contribution in [0.1, 0.15) is 278 Å². The van der Waals surface area contributed by atoms with E-state index in [-0.39, 0.29) is 31.1 Å². The molecule has 0 fully saturated rings. The first-order valence-electron chi connectivity index (χ1n) is 27.2. The van der Waals surface area contributed by atoms with Crippen LogP contribution in [-0.4, -0.2) is 37.2 Å². The zero-order valence-corrected chi connectivity index (χ0v) is 41.8. The molecule has 366 valence electrons. The quantitative estimate of drug-likeness (QED) is 0.0199. The van der Waals surface area contributed by atoms with Crippen molar-refractivity contribution in [3.8, 4) is 0 Å². The number of ether oxygens (including phenoxy) is 3. The molecule has 6 nitrogen and oxygen atoms in total. The fourth-order valence-electron chi connectivity index (χ4n) is 7.79. The zero-order chi connectivity index (χ0) is 45.8. The van der Waals surface area contributed by atoms with Crippen LogP contribution in [0.2, 0.25) is 0 Å². The Balaban J connectivity index is 4.38. The Labute approximate surface area is 390 Å². The Hall–Kier alpha value is -2.63. The molecule has 0 aliphatic rings. The number of hydrogen-bond donors (Lipinski definition) is 0. The van der Waals surface area contributed by atoms with Crippen LogP contribution >= 0.6 is 0 Å². The van der Waals surface area contributed by atoms with Gasteiger partial charge in [0, 0.05) is 19.3 Å². The summed E-state index contributed by atoms with van der Waals surface area (Å²) in [6.45, 7) is 6.51. The van der Waals surface area contributed by atoms with Gasteiger partial charge in [-0.2, -0.15) is 0 Å². The molecular formula is C57H102O6. The highest BCUT2D eigenvalue weighted by molar-refractivity contribution is 5.71. The predicted molar refractivity (Wildman–Crippen MR) is 270 cm³/mol. The van der Waals surface area contributed by atoms with E-state index in [0.717, 1.165) is 89.9 Å². The van der Waals surface area contributed by atoms with E-state index in [1.807, 2.05) is 0 Å². The van der Waals surface area contributed by atoms with Gasteiger partial charge in [0.2, 0.25) is 0 Å². The van der Waals surface area contributed by atoms with Gasteiger partial charge in [0.25, 0.3) is 0 Å². The second-order valence-electron chi connectivity index (χ2n) is 18.2. The van der Waals surface area contributed by atoms with Crippen molar-refractivity contribution in [2.45, 2.75) is 284 Å². The largest absolute Gasteiger partial charge is 0.462 e. The number of rotatable bonds is 49. The minimum absolute atomic E-state index is 0.0817. The van der Waals surface area contributed by atoms with E-state index in [2.05, 4.69) is 69.4 Å². The standard InChI is InChI=1S/C57H102O6/c1-4-7-10-13-16-19-22-25-27-29-32-35-38-41-44-47-50-56(59)62-53-54(52-61-55(58)49-46-43-40-37-34-31-24-21-18-15-12-9-6-3)63-57(60)51-48-45-42-39-36-33-30-28-26-23-20-17-14-11-8-5-2/h9,12,15,18,21,24,27,29,54H,4-8,10-11,13-14,16-17,19-20,22-23,25-26,28,30-53H2,1-3H3/b12-9+,18-15+,24-21+,29-27+. The Morgan fingerprint density at radius 2 is 0.635 bits per heavy atom. The molecule has 0 rings (SSSR count). The van der Waals surface area contributed by atoms with E-state index in [1.54, 1.807) is 0 Å². The highest BCUT2D eigenvalue weighted by Crippen LogP contribution is 2.16. The molecule has 0 saturated carbocycles. The molecule has 0 amide bonds. The molecular weight excluding hydrogens is 781 g/mol. The van der Waals surface area contributed by atoms with E-state index >= 15 is 0 Å². The third-order valence-electron chi connectivity index (χ3n) is 11.9. The third kappa shape index (κ3) is 50.2. The number of allylic oxidation sites excluding steroid dienone is 8. The smallest absolute Gasteiger partial charge is 0.306 e. The van der Waals surface area contributed by atoms with Crippen molar-refractivity contribution >= 4 is 17.9 Å². The third-order valence-corrected chi connectivity index (χ3v) is 11.9. The summed E-state index contributed by atoms with van der Waals surface area (Å²) in [4.78, 5) is 38.0. The molecule has 0 radical (unpaired) electrons. The molecule has 0 spiro atoms. The molecule has 0 aliphatic heterocycles. The molecule has 0 bridgehead atoms. The van der Waals surface area contributed by atoms with Gasteiger partial charge in [-0.05, 0) is 64.2 Å². The highest BCUT2D eigenvalue weighted by atomic mass is 16.6. The van der Waals surface area contributed by atoms with Crippen molar-refractivity contribution < 1.29 is 28.6 Å². The second-order valence-corrected chi connectivity index (χ2v) is 18.2. The van der Waals surface area contributed by atoms with E-state index in [9.17, 15) is 14.4 Å². The van der Waals surface area contributed by atoms with Gasteiger partial charge in [-0.15, -0.1) is 0 Å². The lowest BCUT2D eigenvalue weighted by Gasteiger charge is -2.18. The molecule has 63 heavy (non-hydrogen) atoms.